The van der Waals surface area contributed by atoms with Gasteiger partial charge in [-0.25, -0.2) is 0 Å². The van der Waals surface area contributed by atoms with Crippen molar-refractivity contribution in [1.29, 1.82) is 0 Å². The predicted octanol–water partition coefficient (Wildman–Crippen LogP) is 2.39. The number of benzene rings is 1. The average Bonchev–Trinajstić information content (AvgIpc) is 2.48. The lowest BCUT2D eigenvalue weighted by Crippen LogP contribution is -2.30. The zero-order chi connectivity index (χ0) is 14.4. The van der Waals surface area contributed by atoms with Gasteiger partial charge < -0.3 is 19.5 Å². The molecule has 0 radical (unpaired) electrons. The molecule has 0 bridgehead atoms. The number of hydrogen-bond donors (Lipinski definition) is 1. The Hall–Kier alpha value is -1.26. The third-order valence-electron chi connectivity index (χ3n) is 3.83. The molecule has 1 aliphatic rings. The summed E-state index contributed by atoms with van der Waals surface area (Å²) in [5, 5.41) is 3.46. The maximum absolute atomic E-state index is 5.56. The van der Waals surface area contributed by atoms with E-state index in [1.807, 2.05) is 6.07 Å². The Morgan fingerprint density at radius 3 is 2.65 bits per heavy atom. The molecular weight excluding hydrogens is 254 g/mol. The molecule has 1 unspecified atom stereocenters. The van der Waals surface area contributed by atoms with Gasteiger partial charge in [-0.2, -0.15) is 0 Å². The Labute approximate surface area is 121 Å². The van der Waals surface area contributed by atoms with Gasteiger partial charge in [-0.3, -0.25) is 0 Å². The second-order valence-corrected chi connectivity index (χ2v) is 5.34. The molecule has 2 rings (SSSR count). The molecule has 0 aromatic heterocycles. The highest BCUT2D eigenvalue weighted by molar-refractivity contribution is 5.49. The number of methoxy groups -OCH3 is 3. The topological polar surface area (TPSA) is 39.7 Å². The second-order valence-electron chi connectivity index (χ2n) is 5.34. The lowest BCUT2D eigenvalue weighted by Gasteiger charge is -2.24. The van der Waals surface area contributed by atoms with E-state index in [0.717, 1.165) is 36.6 Å². The highest BCUT2D eigenvalue weighted by Gasteiger charge is 2.18. The van der Waals surface area contributed by atoms with Crippen LogP contribution in [0.25, 0.3) is 0 Å². The monoisotopic (exact) mass is 279 g/mol. The average molecular weight is 279 g/mol. The molecule has 1 heterocycles. The fourth-order valence-corrected chi connectivity index (χ4v) is 2.92. The molecule has 1 aromatic rings. The Morgan fingerprint density at radius 2 is 2.05 bits per heavy atom. The zero-order valence-corrected chi connectivity index (χ0v) is 12.7. The van der Waals surface area contributed by atoms with Gasteiger partial charge in [0.05, 0.1) is 20.8 Å². The van der Waals surface area contributed by atoms with Crippen molar-refractivity contribution < 1.29 is 14.2 Å². The summed E-state index contributed by atoms with van der Waals surface area (Å²) >= 11 is 0. The molecule has 1 atom stereocenters. The van der Waals surface area contributed by atoms with Crippen LogP contribution in [-0.2, 0) is 17.8 Å². The van der Waals surface area contributed by atoms with E-state index in [1.165, 1.54) is 18.4 Å². The smallest absolute Gasteiger partial charge is 0.163 e. The molecule has 1 aliphatic heterocycles. The summed E-state index contributed by atoms with van der Waals surface area (Å²) in [7, 11) is 5.10. The molecule has 1 N–H and O–H groups in total. The summed E-state index contributed by atoms with van der Waals surface area (Å²) in [5.74, 6) is 2.32. The summed E-state index contributed by atoms with van der Waals surface area (Å²) in [6.07, 6.45) is 3.54. The second kappa shape index (κ2) is 7.50. The van der Waals surface area contributed by atoms with Gasteiger partial charge in [0.2, 0.25) is 0 Å². The Morgan fingerprint density at radius 1 is 1.20 bits per heavy atom. The van der Waals surface area contributed by atoms with Gasteiger partial charge in [-0.1, -0.05) is 0 Å². The van der Waals surface area contributed by atoms with Crippen LogP contribution in [0.4, 0.5) is 0 Å². The molecule has 4 nitrogen and oxygen atoms in total. The van der Waals surface area contributed by atoms with Crippen LogP contribution in [-0.4, -0.2) is 34.4 Å². The molecule has 112 valence electrons. The largest absolute Gasteiger partial charge is 0.493 e. The van der Waals surface area contributed by atoms with Crippen molar-refractivity contribution in [2.45, 2.75) is 25.9 Å². The van der Waals surface area contributed by atoms with Gasteiger partial charge in [0.25, 0.3) is 0 Å². The first-order valence-corrected chi connectivity index (χ1v) is 7.22. The van der Waals surface area contributed by atoms with E-state index in [1.54, 1.807) is 21.3 Å². The van der Waals surface area contributed by atoms with Crippen LogP contribution in [0.5, 0.6) is 11.5 Å². The van der Waals surface area contributed by atoms with Crippen molar-refractivity contribution >= 4 is 0 Å². The molecule has 0 saturated carbocycles. The minimum atomic E-state index is 0.594. The van der Waals surface area contributed by atoms with Gasteiger partial charge >= 0.3 is 0 Å². The van der Waals surface area contributed by atoms with Crippen molar-refractivity contribution in [3.05, 3.63) is 23.3 Å². The van der Waals surface area contributed by atoms with Crippen molar-refractivity contribution in [2.24, 2.45) is 5.92 Å². The van der Waals surface area contributed by atoms with E-state index in [9.17, 15) is 0 Å². The lowest BCUT2D eigenvalue weighted by atomic mass is 9.91. The normalized spacial score (nSPS) is 18.9. The van der Waals surface area contributed by atoms with E-state index < -0.39 is 0 Å². The number of nitrogens with one attached hydrogen (secondary N) is 1. The fourth-order valence-electron chi connectivity index (χ4n) is 2.92. The molecule has 20 heavy (non-hydrogen) atoms. The number of rotatable bonds is 6. The van der Waals surface area contributed by atoms with E-state index in [4.69, 9.17) is 14.2 Å². The minimum Gasteiger partial charge on any atom is -0.493 e. The summed E-state index contributed by atoms with van der Waals surface area (Å²) in [6, 6.07) is 4.17. The van der Waals surface area contributed by atoms with Gasteiger partial charge in [0.15, 0.2) is 11.5 Å². The molecule has 0 spiro atoms. The first-order chi connectivity index (χ1) is 9.78. The van der Waals surface area contributed by atoms with Crippen LogP contribution in [0.3, 0.4) is 0 Å². The van der Waals surface area contributed by atoms with Crippen LogP contribution in [0, 0.1) is 5.92 Å². The molecule has 0 aliphatic carbocycles. The van der Waals surface area contributed by atoms with Crippen LogP contribution in [0.1, 0.15) is 24.0 Å². The third-order valence-corrected chi connectivity index (χ3v) is 3.83. The van der Waals surface area contributed by atoms with Gasteiger partial charge in [0.1, 0.15) is 0 Å². The number of piperidine rings is 1. The van der Waals surface area contributed by atoms with Gasteiger partial charge in [0, 0.05) is 7.11 Å². The molecule has 1 fully saturated rings. The molecule has 1 saturated heterocycles. The first kappa shape index (κ1) is 15.1. The SMILES string of the molecule is COCc1cc(CC2CCCNC2)c(OC)c(OC)c1. The van der Waals surface area contributed by atoms with Crippen LogP contribution >= 0.6 is 0 Å². The zero-order valence-electron chi connectivity index (χ0n) is 12.7. The van der Waals surface area contributed by atoms with Crippen molar-refractivity contribution in [2.75, 3.05) is 34.4 Å². The van der Waals surface area contributed by atoms with Gasteiger partial charge in [-0.15, -0.1) is 0 Å². The van der Waals surface area contributed by atoms with E-state index >= 15 is 0 Å². The molecule has 1 aromatic carbocycles. The predicted molar refractivity (Wildman–Crippen MR) is 79.6 cm³/mol. The lowest BCUT2D eigenvalue weighted by molar-refractivity contribution is 0.184. The maximum Gasteiger partial charge on any atom is 0.163 e. The van der Waals surface area contributed by atoms with E-state index in [-0.39, 0.29) is 0 Å². The minimum absolute atomic E-state index is 0.594. The summed E-state index contributed by atoms with van der Waals surface area (Å²) in [4.78, 5) is 0. The summed E-state index contributed by atoms with van der Waals surface area (Å²) in [6.45, 7) is 2.82. The summed E-state index contributed by atoms with van der Waals surface area (Å²) < 4.78 is 16.2. The van der Waals surface area contributed by atoms with Crippen LogP contribution in [0.15, 0.2) is 12.1 Å². The van der Waals surface area contributed by atoms with Crippen LogP contribution in [0.2, 0.25) is 0 Å². The van der Waals surface area contributed by atoms with Crippen molar-refractivity contribution in [1.82, 2.24) is 5.32 Å². The van der Waals surface area contributed by atoms with E-state index in [2.05, 4.69) is 11.4 Å². The highest BCUT2D eigenvalue weighted by Crippen LogP contribution is 2.35. The highest BCUT2D eigenvalue weighted by atomic mass is 16.5. The Balaban J connectivity index is 2.24. The van der Waals surface area contributed by atoms with Gasteiger partial charge in [-0.05, 0) is 61.5 Å². The Kier molecular flexibility index (Phi) is 5.68. The summed E-state index contributed by atoms with van der Waals surface area (Å²) in [5.41, 5.74) is 2.34. The van der Waals surface area contributed by atoms with Crippen LogP contribution < -0.4 is 14.8 Å². The molecular formula is C16H25NO3. The quantitative estimate of drug-likeness (QED) is 0.868. The third kappa shape index (κ3) is 3.64. The Bertz CT molecular complexity index is 428. The standard InChI is InChI=1S/C16H25NO3/c1-18-11-13-8-14(7-12-5-4-6-17-10-12)16(20-3)15(9-13)19-2/h8-9,12,17H,4-7,10-11H2,1-3H3. The number of ether oxygens (including phenoxy) is 3. The number of hydrogen-bond acceptors (Lipinski definition) is 4. The first-order valence-electron chi connectivity index (χ1n) is 7.22. The van der Waals surface area contributed by atoms with Crippen molar-refractivity contribution in [3.63, 3.8) is 0 Å². The molecule has 4 heteroatoms. The van der Waals surface area contributed by atoms with E-state index in [0.29, 0.717) is 12.5 Å². The molecule has 0 amide bonds. The maximum atomic E-state index is 5.56. The van der Waals surface area contributed by atoms with Crippen molar-refractivity contribution in [3.8, 4) is 11.5 Å². The fraction of sp³-hybridized carbons (Fsp3) is 0.625.